The third-order valence-electron chi connectivity index (χ3n) is 2.42. The Bertz CT molecular complexity index is 546. The molecular weight excluding hydrogens is 290 g/mol. The summed E-state index contributed by atoms with van der Waals surface area (Å²) in [6.07, 6.45) is 0.358. The number of nitrogen functional groups attached to an aromatic ring is 1. The fourth-order valence-electron chi connectivity index (χ4n) is 1.51. The highest BCUT2D eigenvalue weighted by Crippen LogP contribution is 2.08. The summed E-state index contributed by atoms with van der Waals surface area (Å²) < 4.78 is 35.2. The third-order valence-corrected chi connectivity index (χ3v) is 2.75. The molecule has 1 aromatic rings. The molecule has 0 saturated heterocycles. The van der Waals surface area contributed by atoms with Gasteiger partial charge in [-0.25, -0.2) is 4.28 Å². The molecule has 1 aromatic heterocycles. The Morgan fingerprint density at radius 2 is 1.85 bits per heavy atom. The van der Waals surface area contributed by atoms with Crippen molar-refractivity contribution in [2.24, 2.45) is 0 Å². The van der Waals surface area contributed by atoms with Gasteiger partial charge in [-0.15, -0.1) is 0 Å². The molecule has 0 aliphatic heterocycles. The number of nitrogens with two attached hydrogens (primary N) is 1. The van der Waals surface area contributed by atoms with Gasteiger partial charge in [-0.2, -0.15) is 8.42 Å². The minimum atomic E-state index is -4.69. The zero-order valence-corrected chi connectivity index (χ0v) is 12.3. The van der Waals surface area contributed by atoms with E-state index in [1.165, 1.54) is 0 Å². The van der Waals surface area contributed by atoms with Gasteiger partial charge in [-0.1, -0.05) is 16.9 Å². The molecule has 0 spiro atoms. The lowest BCUT2D eigenvalue weighted by Crippen LogP contribution is -2.52. The van der Waals surface area contributed by atoms with Crippen molar-refractivity contribution in [1.29, 1.82) is 0 Å². The fraction of sp³-hybridized carbons (Fsp3) is 0.667. The van der Waals surface area contributed by atoms with E-state index in [4.69, 9.17) is 10.3 Å². The average Bonchev–Trinajstić information content (AvgIpc) is 2.32. The summed E-state index contributed by atoms with van der Waals surface area (Å²) in [4.78, 5) is 9.99. The maximum absolute atomic E-state index is 10.7. The van der Waals surface area contributed by atoms with Crippen LogP contribution < -0.4 is 19.6 Å². The summed E-state index contributed by atoms with van der Waals surface area (Å²) >= 11 is 0. The Balaban J connectivity index is 0.00000361. The Morgan fingerprint density at radius 3 is 2.25 bits per heavy atom. The number of anilines is 2. The zero-order chi connectivity index (χ0) is 14.6. The Hall–Kier alpha value is -1.72. The van der Waals surface area contributed by atoms with Crippen LogP contribution in [-0.4, -0.2) is 41.5 Å². The van der Waals surface area contributed by atoms with Gasteiger partial charge in [0.25, 0.3) is 5.82 Å². The molecule has 0 aliphatic carbocycles. The van der Waals surface area contributed by atoms with E-state index in [0.29, 0.717) is 30.2 Å². The van der Waals surface area contributed by atoms with E-state index in [2.05, 4.69) is 14.3 Å². The summed E-state index contributed by atoms with van der Waals surface area (Å²) in [5, 5.41) is 0. The van der Waals surface area contributed by atoms with E-state index in [0.717, 1.165) is 0 Å². The molecule has 10 nitrogen and oxygen atoms in total. The van der Waals surface area contributed by atoms with Gasteiger partial charge < -0.3 is 16.1 Å². The number of hydrogen-bond donors (Lipinski definition) is 2. The molecule has 0 aliphatic rings. The van der Waals surface area contributed by atoms with Gasteiger partial charge in [0.05, 0.1) is 0 Å². The second-order valence-corrected chi connectivity index (χ2v) is 4.63. The predicted octanol–water partition coefficient (Wildman–Crippen LogP) is -1.19. The topological polar surface area (TPSA) is 153 Å². The highest BCUT2D eigenvalue weighted by molar-refractivity contribution is 7.80. The number of aryl methyl sites for hydroxylation is 1. The largest absolute Gasteiger partial charge is 0.870 e. The van der Waals surface area contributed by atoms with Gasteiger partial charge in [-0.05, 0) is 18.6 Å². The average molecular weight is 309 g/mol. The molecular formula is C9H19N5O5S. The fourth-order valence-corrected chi connectivity index (χ4v) is 1.86. The van der Waals surface area contributed by atoms with Crippen LogP contribution in [0.3, 0.4) is 0 Å². The Kier molecular flexibility index (Phi) is 6.55. The Labute approximate surface area is 117 Å². The maximum Gasteiger partial charge on any atom is 0.474 e. The van der Waals surface area contributed by atoms with Crippen LogP contribution in [0.4, 0.5) is 11.9 Å². The van der Waals surface area contributed by atoms with Crippen LogP contribution in [-0.2, 0) is 16.8 Å². The van der Waals surface area contributed by atoms with E-state index in [-0.39, 0.29) is 17.2 Å². The van der Waals surface area contributed by atoms with Gasteiger partial charge in [0.2, 0.25) is 0 Å². The van der Waals surface area contributed by atoms with Crippen LogP contribution in [0, 0.1) is 0 Å². The quantitative estimate of drug-likeness (QED) is 0.487. The number of hydrogen-bond acceptors (Lipinski definition) is 8. The van der Waals surface area contributed by atoms with E-state index >= 15 is 0 Å². The van der Waals surface area contributed by atoms with Gasteiger partial charge in [0, 0.05) is 19.5 Å². The molecule has 0 amide bonds. The molecule has 1 heterocycles. The summed E-state index contributed by atoms with van der Waals surface area (Å²) in [6, 6.07) is 0. The van der Waals surface area contributed by atoms with Gasteiger partial charge >= 0.3 is 22.3 Å². The first-order valence-electron chi connectivity index (χ1n) is 5.83. The standard InChI is InChI=1S/C9H17N5O4S.H2O/c1-4-7-11-9(13(5-2)6-3)12-8(10)14(7)18-19(15,16)17;/h10H,4-6H2,1-3H3,(H,15,16,17);1H2. The SMILES string of the molecule is CCc1nc(N(CC)CC)nc(N)[n+]1OS(=O)(=O)O.[OH-]. The van der Waals surface area contributed by atoms with Crippen LogP contribution in [0.15, 0.2) is 0 Å². The molecule has 0 aromatic carbocycles. The zero-order valence-electron chi connectivity index (χ0n) is 11.5. The third kappa shape index (κ3) is 4.43. The summed E-state index contributed by atoms with van der Waals surface area (Å²) in [7, 11) is -4.69. The molecule has 0 unspecified atom stereocenters. The lowest BCUT2D eigenvalue weighted by Gasteiger charge is -2.15. The highest BCUT2D eigenvalue weighted by atomic mass is 32.3. The summed E-state index contributed by atoms with van der Waals surface area (Å²) in [5.74, 6) is 0.424. The number of aromatic nitrogens is 3. The maximum atomic E-state index is 10.7. The van der Waals surface area contributed by atoms with E-state index in [1.54, 1.807) is 6.92 Å². The van der Waals surface area contributed by atoms with E-state index in [9.17, 15) is 8.42 Å². The molecule has 4 N–H and O–H groups in total. The minimum Gasteiger partial charge on any atom is -0.870 e. The van der Waals surface area contributed by atoms with Gasteiger partial charge in [0.15, 0.2) is 0 Å². The van der Waals surface area contributed by atoms with Crippen LogP contribution in [0.25, 0.3) is 0 Å². The van der Waals surface area contributed by atoms with Gasteiger partial charge in [-0.3, -0.25) is 4.55 Å². The first-order valence-corrected chi connectivity index (χ1v) is 7.19. The molecule has 0 radical (unpaired) electrons. The minimum absolute atomic E-state index is 0. The van der Waals surface area contributed by atoms with E-state index < -0.39 is 10.4 Å². The van der Waals surface area contributed by atoms with Crippen LogP contribution >= 0.6 is 0 Å². The number of rotatable bonds is 6. The van der Waals surface area contributed by atoms with E-state index in [1.807, 2.05) is 18.7 Å². The molecule has 0 fully saturated rings. The second-order valence-electron chi connectivity index (χ2n) is 3.62. The van der Waals surface area contributed by atoms with Crippen molar-refractivity contribution in [1.82, 2.24) is 9.97 Å². The monoisotopic (exact) mass is 309 g/mol. The van der Waals surface area contributed by atoms with Crippen molar-refractivity contribution >= 4 is 22.3 Å². The predicted molar refractivity (Wildman–Crippen MR) is 69.6 cm³/mol. The van der Waals surface area contributed by atoms with Crippen LogP contribution in [0.2, 0.25) is 0 Å². The molecule has 0 bridgehead atoms. The summed E-state index contributed by atoms with van der Waals surface area (Å²) in [5.41, 5.74) is 5.64. The van der Waals surface area contributed by atoms with Crippen LogP contribution in [0.1, 0.15) is 26.6 Å². The first kappa shape index (κ1) is 18.3. The van der Waals surface area contributed by atoms with Crippen molar-refractivity contribution in [3.63, 3.8) is 0 Å². The molecule has 0 atom stereocenters. The molecule has 11 heteroatoms. The number of nitrogens with zero attached hydrogens (tertiary/aromatic N) is 4. The van der Waals surface area contributed by atoms with Crippen molar-refractivity contribution in [3.8, 4) is 0 Å². The molecule has 0 saturated carbocycles. The van der Waals surface area contributed by atoms with Crippen molar-refractivity contribution in [2.45, 2.75) is 27.2 Å². The molecule has 20 heavy (non-hydrogen) atoms. The van der Waals surface area contributed by atoms with Crippen molar-refractivity contribution in [2.75, 3.05) is 23.7 Å². The normalized spacial score (nSPS) is 10.8. The highest BCUT2D eigenvalue weighted by Gasteiger charge is 2.24. The van der Waals surface area contributed by atoms with Crippen LogP contribution in [0.5, 0.6) is 0 Å². The first-order chi connectivity index (χ1) is 8.82. The lowest BCUT2D eigenvalue weighted by molar-refractivity contribution is -0.854. The smallest absolute Gasteiger partial charge is 0.474 e. The molecule has 1 rings (SSSR count). The van der Waals surface area contributed by atoms with Crippen molar-refractivity contribution in [3.05, 3.63) is 5.82 Å². The second kappa shape index (κ2) is 7.17. The van der Waals surface area contributed by atoms with Gasteiger partial charge in [0.1, 0.15) is 0 Å². The molecule has 116 valence electrons. The Morgan fingerprint density at radius 1 is 1.30 bits per heavy atom. The lowest BCUT2D eigenvalue weighted by atomic mass is 10.4. The summed E-state index contributed by atoms with van der Waals surface area (Å²) in [6.45, 7) is 6.98. The van der Waals surface area contributed by atoms with Crippen molar-refractivity contribution < 1.29 is 27.5 Å².